The number of primary amides is 2. The summed E-state index contributed by atoms with van der Waals surface area (Å²) in [6.45, 7) is 1.46. The van der Waals surface area contributed by atoms with E-state index in [1.165, 1.54) is 25.1 Å². The maximum atomic E-state index is 11.6. The smallest absolute Gasteiger partial charge is 0.267 e. The Bertz CT molecular complexity index is 1040. The molecule has 5 N–H and O–H groups in total. The monoisotopic (exact) mass is 394 g/mol. The minimum Gasteiger partial charge on any atom is -0.508 e. The first kappa shape index (κ1) is 19.6. The first-order valence-electron chi connectivity index (χ1n) is 8.54. The van der Waals surface area contributed by atoms with Gasteiger partial charge in [-0.25, -0.2) is 4.98 Å². The van der Waals surface area contributed by atoms with Gasteiger partial charge in [-0.05, 0) is 55.5 Å². The van der Waals surface area contributed by atoms with Crippen LogP contribution in [0.5, 0.6) is 23.1 Å². The number of nitrogens with zero attached hydrogens (tertiary/aromatic N) is 2. The second-order valence-corrected chi connectivity index (χ2v) is 6.06. The van der Waals surface area contributed by atoms with Gasteiger partial charge >= 0.3 is 0 Å². The Kier molecular flexibility index (Phi) is 5.59. The Balaban J connectivity index is 1.86. The van der Waals surface area contributed by atoms with Crippen LogP contribution in [0.3, 0.4) is 0 Å². The third-order valence-corrected chi connectivity index (χ3v) is 3.84. The number of carbonyl (C=O) groups is 2. The van der Waals surface area contributed by atoms with E-state index in [9.17, 15) is 14.7 Å². The van der Waals surface area contributed by atoms with Crippen molar-refractivity contribution >= 4 is 11.8 Å². The minimum absolute atomic E-state index is 0.000445. The number of carbonyl (C=O) groups excluding carboxylic acids is 2. The Morgan fingerprint density at radius 1 is 0.966 bits per heavy atom. The number of amides is 2. The number of aromatic hydroxyl groups is 1. The molecule has 29 heavy (non-hydrogen) atoms. The van der Waals surface area contributed by atoms with Crippen LogP contribution >= 0.6 is 0 Å². The molecule has 0 unspecified atom stereocenters. The lowest BCUT2D eigenvalue weighted by molar-refractivity contribution is -0.124. The molecule has 1 atom stereocenters. The van der Waals surface area contributed by atoms with Gasteiger partial charge < -0.3 is 26.0 Å². The molecule has 0 spiro atoms. The van der Waals surface area contributed by atoms with Gasteiger partial charge in [-0.1, -0.05) is 0 Å². The van der Waals surface area contributed by atoms with Crippen LogP contribution in [0.2, 0.25) is 0 Å². The first-order chi connectivity index (χ1) is 13.8. The lowest BCUT2D eigenvalue weighted by atomic mass is 10.2. The molecule has 3 rings (SSSR count). The third-order valence-electron chi connectivity index (χ3n) is 3.84. The maximum Gasteiger partial charge on any atom is 0.267 e. The summed E-state index contributed by atoms with van der Waals surface area (Å²) in [5.74, 6) is -0.0199. The summed E-state index contributed by atoms with van der Waals surface area (Å²) in [6.07, 6.45) is -0.945. The number of rotatable bonds is 7. The highest BCUT2D eigenvalue weighted by atomic mass is 16.5. The van der Waals surface area contributed by atoms with Gasteiger partial charge in [0.2, 0.25) is 5.88 Å². The molecule has 9 heteroatoms. The van der Waals surface area contributed by atoms with Crippen LogP contribution in [0, 0.1) is 0 Å². The topological polar surface area (TPSA) is 151 Å². The van der Waals surface area contributed by atoms with E-state index in [0.29, 0.717) is 17.1 Å². The van der Waals surface area contributed by atoms with Crippen molar-refractivity contribution in [2.24, 2.45) is 11.5 Å². The van der Waals surface area contributed by atoms with Crippen molar-refractivity contribution in [2.75, 3.05) is 0 Å². The van der Waals surface area contributed by atoms with Crippen molar-refractivity contribution in [1.29, 1.82) is 0 Å². The number of phenols is 1. The summed E-state index contributed by atoms with van der Waals surface area (Å²) < 4.78 is 11.0. The molecule has 0 saturated carbocycles. The molecule has 2 amide bonds. The number of hydrogen-bond acceptors (Lipinski definition) is 7. The molecule has 0 saturated heterocycles. The minimum atomic E-state index is -0.945. The quantitative estimate of drug-likeness (QED) is 0.554. The molecule has 0 fully saturated rings. The molecule has 0 aliphatic rings. The van der Waals surface area contributed by atoms with Gasteiger partial charge in [0.1, 0.15) is 22.9 Å². The van der Waals surface area contributed by atoms with Gasteiger partial charge in [0.05, 0.1) is 0 Å². The summed E-state index contributed by atoms with van der Waals surface area (Å²) in [7, 11) is 0. The fourth-order valence-corrected chi connectivity index (χ4v) is 2.30. The van der Waals surface area contributed by atoms with Gasteiger partial charge in [-0.15, -0.1) is 0 Å². The van der Waals surface area contributed by atoms with Gasteiger partial charge in [0.25, 0.3) is 11.8 Å². The predicted molar refractivity (Wildman–Crippen MR) is 103 cm³/mol. The van der Waals surface area contributed by atoms with Gasteiger partial charge in [0.15, 0.2) is 11.9 Å². The van der Waals surface area contributed by atoms with Crippen molar-refractivity contribution in [2.45, 2.75) is 13.0 Å². The van der Waals surface area contributed by atoms with Gasteiger partial charge in [-0.3, -0.25) is 9.59 Å². The average Bonchev–Trinajstić information content (AvgIpc) is 2.70. The fraction of sp³-hybridized carbons (Fsp3) is 0.100. The van der Waals surface area contributed by atoms with Gasteiger partial charge in [-0.2, -0.15) is 4.98 Å². The fourth-order valence-electron chi connectivity index (χ4n) is 2.30. The Morgan fingerprint density at radius 3 is 2.10 bits per heavy atom. The highest BCUT2D eigenvalue weighted by Gasteiger charge is 2.16. The zero-order chi connectivity index (χ0) is 21.0. The van der Waals surface area contributed by atoms with Crippen molar-refractivity contribution in [1.82, 2.24) is 9.97 Å². The number of hydrogen-bond donors (Lipinski definition) is 3. The molecule has 1 aromatic heterocycles. The summed E-state index contributed by atoms with van der Waals surface area (Å²) in [5, 5.41) is 9.32. The zero-order valence-corrected chi connectivity index (χ0v) is 15.4. The van der Waals surface area contributed by atoms with E-state index in [1.807, 2.05) is 0 Å². The molecule has 0 bridgehead atoms. The molecule has 148 valence electrons. The summed E-state index contributed by atoms with van der Waals surface area (Å²) in [4.78, 5) is 31.1. The third kappa shape index (κ3) is 4.98. The number of ether oxygens (including phenoxy) is 2. The molecule has 0 aliphatic heterocycles. The predicted octanol–water partition coefficient (Wildman–Crippen LogP) is 1.99. The number of benzene rings is 2. The Hall–Kier alpha value is -4.14. The maximum absolute atomic E-state index is 11.6. The number of aromatic nitrogens is 2. The Morgan fingerprint density at radius 2 is 1.55 bits per heavy atom. The van der Waals surface area contributed by atoms with Crippen LogP contribution in [0.4, 0.5) is 0 Å². The van der Waals surface area contributed by atoms with Crippen molar-refractivity contribution in [3.63, 3.8) is 0 Å². The number of phenolic OH excluding ortho intramolecular Hbond substituents is 1. The van der Waals surface area contributed by atoms with E-state index >= 15 is 0 Å². The molecular formula is C20H18N4O5. The number of nitrogens with two attached hydrogens (primary N) is 2. The molecule has 2 aromatic carbocycles. The van der Waals surface area contributed by atoms with Crippen LogP contribution in [-0.2, 0) is 4.79 Å². The van der Waals surface area contributed by atoms with Crippen molar-refractivity contribution in [3.8, 4) is 34.5 Å². The lowest BCUT2D eigenvalue weighted by Gasteiger charge is -2.12. The lowest BCUT2D eigenvalue weighted by Crippen LogP contribution is -2.31. The van der Waals surface area contributed by atoms with Crippen molar-refractivity contribution < 1.29 is 24.2 Å². The summed E-state index contributed by atoms with van der Waals surface area (Å²) >= 11 is 0. The molecular weight excluding hydrogens is 376 g/mol. The van der Waals surface area contributed by atoms with Crippen LogP contribution in [0.1, 0.15) is 17.4 Å². The van der Waals surface area contributed by atoms with Crippen LogP contribution in [-0.4, -0.2) is 33.0 Å². The molecule has 1 heterocycles. The largest absolute Gasteiger partial charge is 0.508 e. The molecule has 0 aliphatic carbocycles. The first-order valence-corrected chi connectivity index (χ1v) is 8.54. The van der Waals surface area contributed by atoms with Crippen LogP contribution < -0.4 is 20.9 Å². The highest BCUT2D eigenvalue weighted by molar-refractivity contribution is 5.91. The van der Waals surface area contributed by atoms with E-state index in [-0.39, 0.29) is 23.1 Å². The molecule has 9 nitrogen and oxygen atoms in total. The van der Waals surface area contributed by atoms with Crippen LogP contribution in [0.15, 0.2) is 54.6 Å². The van der Waals surface area contributed by atoms with E-state index < -0.39 is 17.9 Å². The standard InChI is InChI=1S/C20H18N4O5/c1-11(18(21)26)28-17-10-16(19(22)27)23-20(24-17)12-2-6-14(7-3-12)29-15-8-4-13(25)5-9-15/h2-11,25H,1H3,(H2,21,26)(H2,22,27)/t11-/m0/s1. The second-order valence-electron chi connectivity index (χ2n) is 6.06. The normalized spacial score (nSPS) is 11.5. The van der Waals surface area contributed by atoms with E-state index in [0.717, 1.165) is 0 Å². The SMILES string of the molecule is C[C@H](Oc1cc(C(N)=O)nc(-c2ccc(Oc3ccc(O)cc3)cc2)n1)C(N)=O. The van der Waals surface area contributed by atoms with E-state index in [1.54, 1.807) is 36.4 Å². The second kappa shape index (κ2) is 8.26. The molecule has 3 aromatic rings. The summed E-state index contributed by atoms with van der Waals surface area (Å²) in [5.41, 5.74) is 11.0. The summed E-state index contributed by atoms with van der Waals surface area (Å²) in [6, 6.07) is 14.3. The van der Waals surface area contributed by atoms with Crippen LogP contribution in [0.25, 0.3) is 11.4 Å². The van der Waals surface area contributed by atoms with E-state index in [4.69, 9.17) is 20.9 Å². The average molecular weight is 394 g/mol. The van der Waals surface area contributed by atoms with E-state index in [2.05, 4.69) is 9.97 Å². The zero-order valence-electron chi connectivity index (χ0n) is 15.4. The van der Waals surface area contributed by atoms with Gasteiger partial charge in [0, 0.05) is 11.6 Å². The van der Waals surface area contributed by atoms with Crippen molar-refractivity contribution in [3.05, 3.63) is 60.3 Å². The Labute approximate surface area is 165 Å². The highest BCUT2D eigenvalue weighted by Crippen LogP contribution is 2.26. The molecule has 0 radical (unpaired) electrons.